The fraction of sp³-hybridized carbons (Fsp3) is 0.412. The first kappa shape index (κ1) is 15.6. The zero-order chi connectivity index (χ0) is 16.4. The van der Waals surface area contributed by atoms with E-state index in [1.54, 1.807) is 24.3 Å². The van der Waals surface area contributed by atoms with Crippen LogP contribution in [-0.4, -0.2) is 61.4 Å². The highest BCUT2D eigenvalue weighted by atomic mass is 16.5. The Morgan fingerprint density at radius 1 is 1.30 bits per heavy atom. The second kappa shape index (κ2) is 6.42. The van der Waals surface area contributed by atoms with Gasteiger partial charge in [0.15, 0.2) is 0 Å². The Labute approximate surface area is 135 Å². The SMILES string of the molecule is CC[NH+]1CCN(C(=O)C(=O)c2c[nH]c3ccc(OC)cc23)CC1. The van der Waals surface area contributed by atoms with Crippen LogP contribution in [0.4, 0.5) is 0 Å². The number of benzene rings is 1. The molecule has 2 aromatic rings. The van der Waals surface area contributed by atoms with Gasteiger partial charge in [0.2, 0.25) is 0 Å². The molecular weight excluding hydrogens is 294 g/mol. The van der Waals surface area contributed by atoms with Gasteiger partial charge in [-0.3, -0.25) is 9.59 Å². The third-order valence-corrected chi connectivity index (χ3v) is 4.59. The Morgan fingerprint density at radius 2 is 2.04 bits per heavy atom. The third-order valence-electron chi connectivity index (χ3n) is 4.59. The van der Waals surface area contributed by atoms with Gasteiger partial charge in [0.05, 0.1) is 45.4 Å². The number of hydrogen-bond acceptors (Lipinski definition) is 3. The van der Waals surface area contributed by atoms with Crippen LogP contribution in [0.15, 0.2) is 24.4 Å². The molecule has 122 valence electrons. The average Bonchev–Trinajstić information content (AvgIpc) is 3.03. The summed E-state index contributed by atoms with van der Waals surface area (Å²) in [5.74, 6) is -0.202. The van der Waals surface area contributed by atoms with E-state index in [1.807, 2.05) is 12.1 Å². The lowest BCUT2D eigenvalue weighted by Crippen LogP contribution is -3.14. The topological polar surface area (TPSA) is 66.8 Å². The molecule has 6 heteroatoms. The van der Waals surface area contributed by atoms with Crippen LogP contribution in [0.3, 0.4) is 0 Å². The molecule has 1 aromatic carbocycles. The molecule has 2 heterocycles. The number of nitrogens with zero attached hydrogens (tertiary/aromatic N) is 1. The highest BCUT2D eigenvalue weighted by Crippen LogP contribution is 2.24. The first-order chi connectivity index (χ1) is 11.1. The molecule has 6 nitrogen and oxygen atoms in total. The number of piperazine rings is 1. The second-order valence-electron chi connectivity index (χ2n) is 5.84. The molecule has 0 bridgehead atoms. The number of H-pyrrole nitrogens is 1. The quantitative estimate of drug-likeness (QED) is 0.621. The van der Waals surface area contributed by atoms with Crippen molar-refractivity contribution >= 4 is 22.6 Å². The minimum Gasteiger partial charge on any atom is -0.497 e. The first-order valence-electron chi connectivity index (χ1n) is 7.96. The number of nitrogens with one attached hydrogen (secondary N) is 2. The molecule has 1 aliphatic heterocycles. The number of methoxy groups -OCH3 is 1. The van der Waals surface area contributed by atoms with Crippen molar-refractivity contribution in [1.82, 2.24) is 9.88 Å². The number of amides is 1. The van der Waals surface area contributed by atoms with Crippen molar-refractivity contribution in [3.8, 4) is 5.75 Å². The number of hydrogen-bond donors (Lipinski definition) is 2. The number of rotatable bonds is 4. The monoisotopic (exact) mass is 316 g/mol. The molecule has 0 aliphatic carbocycles. The van der Waals surface area contributed by atoms with Gasteiger partial charge in [-0.25, -0.2) is 0 Å². The maximum Gasteiger partial charge on any atom is 0.295 e. The second-order valence-corrected chi connectivity index (χ2v) is 5.84. The van der Waals surface area contributed by atoms with Crippen LogP contribution < -0.4 is 9.64 Å². The number of aromatic nitrogens is 1. The van der Waals surface area contributed by atoms with E-state index in [4.69, 9.17) is 4.74 Å². The number of carbonyl (C=O) groups excluding carboxylic acids is 2. The van der Waals surface area contributed by atoms with Gasteiger partial charge in [-0.2, -0.15) is 0 Å². The molecule has 0 radical (unpaired) electrons. The number of quaternary nitrogens is 1. The minimum atomic E-state index is -0.454. The van der Waals surface area contributed by atoms with Crippen molar-refractivity contribution in [1.29, 1.82) is 0 Å². The molecule has 1 saturated heterocycles. The van der Waals surface area contributed by atoms with Crippen LogP contribution >= 0.6 is 0 Å². The zero-order valence-electron chi connectivity index (χ0n) is 13.5. The summed E-state index contributed by atoms with van der Waals surface area (Å²) in [6.45, 7) is 6.27. The van der Waals surface area contributed by atoms with Crippen molar-refractivity contribution in [2.45, 2.75) is 6.92 Å². The van der Waals surface area contributed by atoms with E-state index >= 15 is 0 Å². The number of fused-ring (bicyclic) bond motifs is 1. The van der Waals surface area contributed by atoms with Gasteiger partial charge in [0.1, 0.15) is 5.75 Å². The molecule has 1 aliphatic rings. The van der Waals surface area contributed by atoms with Crippen LogP contribution in [0.1, 0.15) is 17.3 Å². The zero-order valence-corrected chi connectivity index (χ0v) is 13.5. The minimum absolute atomic E-state index is 0.411. The van der Waals surface area contributed by atoms with Gasteiger partial charge in [0, 0.05) is 17.1 Å². The smallest absolute Gasteiger partial charge is 0.295 e. The van der Waals surface area contributed by atoms with Gasteiger partial charge in [-0.15, -0.1) is 0 Å². The molecule has 3 rings (SSSR count). The van der Waals surface area contributed by atoms with Crippen molar-refractivity contribution in [3.05, 3.63) is 30.0 Å². The molecule has 1 fully saturated rings. The van der Waals surface area contributed by atoms with E-state index in [1.165, 1.54) is 4.90 Å². The van der Waals surface area contributed by atoms with Crippen LogP contribution in [0.25, 0.3) is 10.9 Å². The van der Waals surface area contributed by atoms with Crippen molar-refractivity contribution < 1.29 is 19.2 Å². The van der Waals surface area contributed by atoms with Crippen molar-refractivity contribution in [3.63, 3.8) is 0 Å². The fourth-order valence-corrected chi connectivity index (χ4v) is 3.05. The van der Waals surface area contributed by atoms with E-state index in [-0.39, 0.29) is 0 Å². The molecule has 0 spiro atoms. The number of likely N-dealkylation sites (N-methyl/N-ethyl adjacent to an activating group) is 1. The van der Waals surface area contributed by atoms with Gasteiger partial charge in [-0.1, -0.05) is 0 Å². The molecular formula is C17H22N3O3+. The summed E-state index contributed by atoms with van der Waals surface area (Å²) < 4.78 is 5.20. The predicted molar refractivity (Wildman–Crippen MR) is 87.0 cm³/mol. The number of ether oxygens (including phenoxy) is 1. The lowest BCUT2D eigenvalue weighted by atomic mass is 10.1. The van der Waals surface area contributed by atoms with Crippen molar-refractivity contribution in [2.24, 2.45) is 0 Å². The molecule has 0 atom stereocenters. The summed E-state index contributed by atoms with van der Waals surface area (Å²) >= 11 is 0. The van der Waals surface area contributed by atoms with Crippen LogP contribution in [0, 0.1) is 0 Å². The summed E-state index contributed by atoms with van der Waals surface area (Å²) in [4.78, 5) is 31.3. The highest BCUT2D eigenvalue weighted by molar-refractivity contribution is 6.44. The van der Waals surface area contributed by atoms with E-state index in [2.05, 4.69) is 11.9 Å². The highest BCUT2D eigenvalue weighted by Gasteiger charge is 2.29. The molecule has 1 amide bonds. The van der Waals surface area contributed by atoms with E-state index in [9.17, 15) is 9.59 Å². The third kappa shape index (κ3) is 2.94. The Kier molecular flexibility index (Phi) is 4.34. The normalized spacial score (nSPS) is 15.8. The Hall–Kier alpha value is -2.34. The summed E-state index contributed by atoms with van der Waals surface area (Å²) in [6.07, 6.45) is 1.61. The summed E-state index contributed by atoms with van der Waals surface area (Å²) in [7, 11) is 1.58. The number of ketones is 1. The predicted octanol–water partition coefficient (Wildman–Crippen LogP) is 0.106. The maximum atomic E-state index is 12.6. The Bertz CT molecular complexity index is 730. The summed E-state index contributed by atoms with van der Waals surface area (Å²) in [5, 5.41) is 0.723. The Morgan fingerprint density at radius 3 is 2.70 bits per heavy atom. The molecule has 0 saturated carbocycles. The molecule has 1 aromatic heterocycles. The van der Waals surface area contributed by atoms with Gasteiger partial charge in [-0.05, 0) is 25.1 Å². The van der Waals surface area contributed by atoms with Crippen LogP contribution in [0.2, 0.25) is 0 Å². The largest absolute Gasteiger partial charge is 0.497 e. The van der Waals surface area contributed by atoms with Crippen LogP contribution in [0.5, 0.6) is 5.75 Å². The molecule has 0 unspecified atom stereocenters. The lowest BCUT2D eigenvalue weighted by Gasteiger charge is -2.31. The maximum absolute atomic E-state index is 12.6. The summed E-state index contributed by atoms with van der Waals surface area (Å²) in [6, 6.07) is 5.45. The number of Topliss-reactive ketones (excluding diaryl/α,β-unsaturated/α-hetero) is 1. The first-order valence-corrected chi connectivity index (χ1v) is 7.96. The lowest BCUT2D eigenvalue weighted by molar-refractivity contribution is -0.902. The molecule has 23 heavy (non-hydrogen) atoms. The van der Waals surface area contributed by atoms with Crippen molar-refractivity contribution in [2.75, 3.05) is 39.8 Å². The summed E-state index contributed by atoms with van der Waals surface area (Å²) in [5.41, 5.74) is 1.23. The average molecular weight is 316 g/mol. The Balaban J connectivity index is 1.81. The van der Waals surface area contributed by atoms with Gasteiger partial charge in [0.25, 0.3) is 11.7 Å². The van der Waals surface area contributed by atoms with Crippen LogP contribution in [-0.2, 0) is 4.79 Å². The van der Waals surface area contributed by atoms with E-state index in [0.29, 0.717) is 24.4 Å². The molecule has 2 N–H and O–H groups in total. The van der Waals surface area contributed by atoms with E-state index in [0.717, 1.165) is 30.5 Å². The number of carbonyl (C=O) groups is 2. The number of aromatic amines is 1. The van der Waals surface area contributed by atoms with Gasteiger partial charge >= 0.3 is 0 Å². The standard InChI is InChI=1S/C17H21N3O3/c1-3-19-6-8-20(9-7-19)17(22)16(21)14-11-18-15-5-4-12(23-2)10-13(14)15/h4-5,10-11,18H,3,6-9H2,1-2H3/p+1. The van der Waals surface area contributed by atoms with E-state index < -0.39 is 11.7 Å². The fourth-order valence-electron chi connectivity index (χ4n) is 3.05. The van der Waals surface area contributed by atoms with Gasteiger partial charge < -0.3 is 19.5 Å².